The Labute approximate surface area is 88.7 Å². The van der Waals surface area contributed by atoms with E-state index in [4.69, 9.17) is 9.47 Å². The van der Waals surface area contributed by atoms with E-state index in [-0.39, 0.29) is 6.42 Å². The Morgan fingerprint density at radius 3 is 2.53 bits per heavy atom. The van der Waals surface area contributed by atoms with Gasteiger partial charge in [-0.1, -0.05) is 0 Å². The van der Waals surface area contributed by atoms with Gasteiger partial charge in [0.05, 0.1) is 7.11 Å². The monoisotopic (exact) mass is 216 g/mol. The van der Waals surface area contributed by atoms with Crippen molar-refractivity contribution in [1.29, 1.82) is 0 Å². The summed E-state index contributed by atoms with van der Waals surface area (Å²) in [6.07, 6.45) is 0.212. The quantitative estimate of drug-likeness (QED) is 0.512. The minimum atomic E-state index is -1.21. The molecule has 0 aromatic rings. The van der Waals surface area contributed by atoms with Gasteiger partial charge in [0.2, 0.25) is 0 Å². The van der Waals surface area contributed by atoms with Crippen molar-refractivity contribution in [2.75, 3.05) is 7.11 Å². The molecule has 1 aliphatic rings. The van der Waals surface area contributed by atoms with Gasteiger partial charge in [-0.3, -0.25) is 0 Å². The van der Waals surface area contributed by atoms with Gasteiger partial charge in [-0.05, 0) is 20.8 Å². The molecule has 86 valence electrons. The highest BCUT2D eigenvalue weighted by molar-refractivity contribution is 5.80. The average Bonchev–Trinajstić information content (AvgIpc) is 2.37. The maximum absolute atomic E-state index is 11.6. The second-order valence-electron chi connectivity index (χ2n) is 4.11. The molecule has 0 aliphatic carbocycles. The first kappa shape index (κ1) is 12.1. The van der Waals surface area contributed by atoms with E-state index < -0.39 is 23.5 Å². The predicted octanol–water partition coefficient (Wildman–Crippen LogP) is 0.659. The van der Waals surface area contributed by atoms with Crippen molar-refractivity contribution in [1.82, 2.24) is 0 Å². The Kier molecular flexibility index (Phi) is 3.16. The molecule has 0 radical (unpaired) electrons. The number of esters is 1. The molecule has 0 unspecified atom stereocenters. The van der Waals surface area contributed by atoms with Gasteiger partial charge < -0.3 is 19.0 Å². The smallest absolute Gasteiger partial charge is 0.340 e. The lowest BCUT2D eigenvalue weighted by molar-refractivity contribution is -0.184. The van der Waals surface area contributed by atoms with E-state index in [1.807, 2.05) is 0 Å². The lowest BCUT2D eigenvalue weighted by Gasteiger charge is -2.24. The Morgan fingerprint density at radius 2 is 2.07 bits per heavy atom. The molecule has 2 atom stereocenters. The molecule has 0 spiro atoms. The molecular formula is C10H16O5. The molecular weight excluding hydrogens is 200 g/mol. The van der Waals surface area contributed by atoms with Crippen LogP contribution >= 0.6 is 0 Å². The summed E-state index contributed by atoms with van der Waals surface area (Å²) in [7, 11) is 1.28. The zero-order chi connectivity index (χ0) is 11.7. The second-order valence-corrected chi connectivity index (χ2v) is 4.11. The number of rotatable bonds is 3. The van der Waals surface area contributed by atoms with Crippen LogP contribution in [0.1, 0.15) is 27.2 Å². The number of ether oxygens (including phenoxy) is 3. The first-order chi connectivity index (χ1) is 6.85. The average molecular weight is 216 g/mol. The molecule has 0 saturated carbocycles. The fraction of sp³-hybridized carbons (Fsp3) is 0.800. The summed E-state index contributed by atoms with van der Waals surface area (Å²) >= 11 is 0. The van der Waals surface area contributed by atoms with Gasteiger partial charge in [-0.2, -0.15) is 0 Å². The van der Waals surface area contributed by atoms with Crippen molar-refractivity contribution in [2.24, 2.45) is 0 Å². The Balaban J connectivity index is 2.93. The largest absolute Gasteiger partial charge is 0.467 e. The van der Waals surface area contributed by atoms with Crippen molar-refractivity contribution >= 4 is 12.3 Å². The van der Waals surface area contributed by atoms with Gasteiger partial charge in [0.1, 0.15) is 12.4 Å². The summed E-state index contributed by atoms with van der Waals surface area (Å²) in [4.78, 5) is 22.0. The lowest BCUT2D eigenvalue weighted by Crippen LogP contribution is -2.46. The normalized spacial score (nSPS) is 33.7. The second kappa shape index (κ2) is 3.90. The lowest BCUT2D eigenvalue weighted by atomic mass is 9.97. The van der Waals surface area contributed by atoms with Crippen molar-refractivity contribution in [3.63, 3.8) is 0 Å². The van der Waals surface area contributed by atoms with Gasteiger partial charge in [0, 0.05) is 6.42 Å². The molecule has 0 amide bonds. The molecule has 1 rings (SSSR count). The molecule has 0 aromatic carbocycles. The van der Waals surface area contributed by atoms with Gasteiger partial charge in [-0.15, -0.1) is 0 Å². The third-order valence-electron chi connectivity index (χ3n) is 2.40. The third kappa shape index (κ3) is 2.18. The van der Waals surface area contributed by atoms with Crippen LogP contribution in [0, 0.1) is 0 Å². The van der Waals surface area contributed by atoms with E-state index in [0.29, 0.717) is 6.29 Å². The summed E-state index contributed by atoms with van der Waals surface area (Å²) in [5.74, 6) is -1.41. The molecule has 0 aromatic heterocycles. The minimum Gasteiger partial charge on any atom is -0.467 e. The summed E-state index contributed by atoms with van der Waals surface area (Å²) in [6.45, 7) is 4.96. The zero-order valence-electron chi connectivity index (χ0n) is 9.40. The molecule has 15 heavy (non-hydrogen) atoms. The van der Waals surface area contributed by atoms with Crippen LogP contribution in [0.4, 0.5) is 0 Å². The highest BCUT2D eigenvalue weighted by Gasteiger charge is 2.55. The standard InChI is InChI=1S/C10H16O5/c1-9(2)14-7(5-6-11)10(3,15-9)8(12)13-4/h6-7H,5H2,1-4H3/t7-,10-/m1/s1. The predicted molar refractivity (Wildman–Crippen MR) is 51.1 cm³/mol. The van der Waals surface area contributed by atoms with Crippen LogP contribution in [0.15, 0.2) is 0 Å². The van der Waals surface area contributed by atoms with Gasteiger partial charge in [0.25, 0.3) is 0 Å². The Hall–Kier alpha value is -0.940. The Bertz CT molecular complexity index is 273. The summed E-state index contributed by atoms with van der Waals surface area (Å²) < 4.78 is 15.6. The molecule has 1 heterocycles. The molecule has 5 heteroatoms. The fourth-order valence-electron chi connectivity index (χ4n) is 1.79. The van der Waals surface area contributed by atoms with E-state index in [1.165, 1.54) is 7.11 Å². The van der Waals surface area contributed by atoms with Crippen LogP contribution in [0.2, 0.25) is 0 Å². The number of hydrogen-bond acceptors (Lipinski definition) is 5. The van der Waals surface area contributed by atoms with Crippen molar-refractivity contribution in [2.45, 2.75) is 44.7 Å². The maximum atomic E-state index is 11.6. The van der Waals surface area contributed by atoms with Crippen LogP contribution in [0.25, 0.3) is 0 Å². The molecule has 0 N–H and O–H groups in total. The van der Waals surface area contributed by atoms with Crippen LogP contribution in [0.5, 0.6) is 0 Å². The van der Waals surface area contributed by atoms with Crippen LogP contribution in [-0.4, -0.2) is 36.9 Å². The van der Waals surface area contributed by atoms with Crippen molar-refractivity contribution in [3.8, 4) is 0 Å². The highest BCUT2D eigenvalue weighted by Crippen LogP contribution is 2.38. The topological polar surface area (TPSA) is 61.8 Å². The first-order valence-corrected chi connectivity index (χ1v) is 4.76. The number of aldehydes is 1. The highest BCUT2D eigenvalue weighted by atomic mass is 16.8. The van der Waals surface area contributed by atoms with E-state index >= 15 is 0 Å². The van der Waals surface area contributed by atoms with Crippen molar-refractivity contribution < 1.29 is 23.8 Å². The number of carbonyl (C=O) groups is 2. The number of methoxy groups -OCH3 is 1. The maximum Gasteiger partial charge on any atom is 0.340 e. The number of carbonyl (C=O) groups excluding carboxylic acids is 2. The molecule has 1 saturated heterocycles. The van der Waals surface area contributed by atoms with E-state index in [9.17, 15) is 9.59 Å². The van der Waals surface area contributed by atoms with Gasteiger partial charge in [0.15, 0.2) is 11.4 Å². The van der Waals surface area contributed by atoms with E-state index in [2.05, 4.69) is 4.74 Å². The molecule has 1 fully saturated rings. The van der Waals surface area contributed by atoms with Crippen LogP contribution in [0.3, 0.4) is 0 Å². The summed E-state index contributed by atoms with van der Waals surface area (Å²) in [5, 5.41) is 0. The molecule has 1 aliphatic heterocycles. The Morgan fingerprint density at radius 1 is 1.47 bits per heavy atom. The summed E-state index contributed by atoms with van der Waals surface area (Å²) in [6, 6.07) is 0. The molecule has 5 nitrogen and oxygen atoms in total. The number of hydrogen-bond donors (Lipinski definition) is 0. The van der Waals surface area contributed by atoms with E-state index in [0.717, 1.165) is 0 Å². The zero-order valence-corrected chi connectivity index (χ0v) is 9.40. The third-order valence-corrected chi connectivity index (χ3v) is 2.40. The van der Waals surface area contributed by atoms with Crippen LogP contribution < -0.4 is 0 Å². The van der Waals surface area contributed by atoms with Crippen molar-refractivity contribution in [3.05, 3.63) is 0 Å². The SMILES string of the molecule is COC(=O)[C@]1(C)OC(C)(C)O[C@@H]1CC=O. The van der Waals surface area contributed by atoms with E-state index in [1.54, 1.807) is 20.8 Å². The van der Waals surface area contributed by atoms with Gasteiger partial charge >= 0.3 is 5.97 Å². The molecule has 0 bridgehead atoms. The first-order valence-electron chi connectivity index (χ1n) is 4.76. The van der Waals surface area contributed by atoms with Crippen LogP contribution in [-0.2, 0) is 23.8 Å². The summed E-state index contributed by atoms with van der Waals surface area (Å²) in [5.41, 5.74) is -1.21. The fourth-order valence-corrected chi connectivity index (χ4v) is 1.79. The minimum absolute atomic E-state index is 0.106. The van der Waals surface area contributed by atoms with Gasteiger partial charge in [-0.25, -0.2) is 4.79 Å².